The van der Waals surface area contributed by atoms with Crippen molar-refractivity contribution in [2.24, 2.45) is 5.10 Å². The summed E-state index contributed by atoms with van der Waals surface area (Å²) in [6.07, 6.45) is 2.09. The minimum absolute atomic E-state index is 0.0761. The van der Waals surface area contributed by atoms with Crippen molar-refractivity contribution in [1.29, 1.82) is 0 Å². The van der Waals surface area contributed by atoms with Gasteiger partial charge in [-0.15, -0.1) is 0 Å². The molecule has 2 aliphatic heterocycles. The van der Waals surface area contributed by atoms with Crippen molar-refractivity contribution in [3.63, 3.8) is 0 Å². The van der Waals surface area contributed by atoms with Gasteiger partial charge < -0.3 is 13.9 Å². The van der Waals surface area contributed by atoms with Crippen molar-refractivity contribution in [3.8, 4) is 11.5 Å². The van der Waals surface area contributed by atoms with Crippen LogP contribution < -0.4 is 9.47 Å². The smallest absolute Gasteiger partial charge is 0.213 e. The van der Waals surface area contributed by atoms with Gasteiger partial charge in [0.1, 0.15) is 23.0 Å². The van der Waals surface area contributed by atoms with E-state index in [9.17, 15) is 0 Å². The molecule has 3 heterocycles. The Kier molecular flexibility index (Phi) is 4.44. The molecule has 0 aliphatic carbocycles. The average Bonchev–Trinajstić information content (AvgIpc) is 3.37. The minimum Gasteiger partial charge on any atom is -0.496 e. The molecule has 5 rings (SSSR count). The number of hydrazone groups is 1. The molecule has 7 heteroatoms. The molecule has 0 spiro atoms. The molecule has 0 unspecified atom stereocenters. The molecular weight excluding hydrogens is 488 g/mol. The van der Waals surface area contributed by atoms with Gasteiger partial charge in [0.15, 0.2) is 0 Å². The van der Waals surface area contributed by atoms with Crippen LogP contribution in [0.4, 0.5) is 0 Å². The maximum absolute atomic E-state index is 6.39. The summed E-state index contributed by atoms with van der Waals surface area (Å²) < 4.78 is 19.2. The second kappa shape index (κ2) is 6.97. The highest BCUT2D eigenvalue weighted by molar-refractivity contribution is 9.10. The Labute approximate surface area is 179 Å². The first-order valence-electron chi connectivity index (χ1n) is 8.83. The van der Waals surface area contributed by atoms with Gasteiger partial charge in [0.25, 0.3) is 0 Å². The van der Waals surface area contributed by atoms with Gasteiger partial charge in [0.2, 0.25) is 6.23 Å². The maximum atomic E-state index is 6.39. The number of furan rings is 1. The average molecular weight is 504 g/mol. The predicted molar refractivity (Wildman–Crippen MR) is 113 cm³/mol. The summed E-state index contributed by atoms with van der Waals surface area (Å²) in [5.41, 5.74) is 3.03. The molecule has 0 radical (unpaired) electrons. The van der Waals surface area contributed by atoms with E-state index in [4.69, 9.17) is 19.0 Å². The summed E-state index contributed by atoms with van der Waals surface area (Å²) in [6, 6.07) is 16.0. The normalized spacial score (nSPS) is 20.2. The number of nitrogens with zero attached hydrogens (tertiary/aromatic N) is 2. The van der Waals surface area contributed by atoms with Gasteiger partial charge in [-0.1, -0.05) is 15.9 Å². The van der Waals surface area contributed by atoms with Crippen LogP contribution in [0.1, 0.15) is 35.6 Å². The molecule has 0 fully saturated rings. The number of hydrogen-bond acceptors (Lipinski definition) is 5. The number of fused-ring (bicyclic) bond motifs is 3. The molecule has 28 heavy (non-hydrogen) atoms. The molecule has 3 aromatic rings. The van der Waals surface area contributed by atoms with Crippen LogP contribution in [0.2, 0.25) is 0 Å². The van der Waals surface area contributed by atoms with Gasteiger partial charge in [0, 0.05) is 22.0 Å². The lowest BCUT2D eigenvalue weighted by molar-refractivity contribution is -0.0191. The molecule has 1 aromatic heterocycles. The Balaban J connectivity index is 1.60. The third-order valence-corrected chi connectivity index (χ3v) is 6.13. The van der Waals surface area contributed by atoms with Gasteiger partial charge in [0.05, 0.1) is 23.9 Å². The lowest BCUT2D eigenvalue weighted by Gasteiger charge is -2.38. The fourth-order valence-electron chi connectivity index (χ4n) is 3.71. The Morgan fingerprint density at radius 2 is 2.04 bits per heavy atom. The van der Waals surface area contributed by atoms with Gasteiger partial charge in [-0.05, 0) is 64.5 Å². The van der Waals surface area contributed by atoms with Crippen molar-refractivity contribution >= 4 is 37.6 Å². The zero-order valence-corrected chi connectivity index (χ0v) is 18.1. The van der Waals surface area contributed by atoms with Gasteiger partial charge >= 0.3 is 0 Å². The van der Waals surface area contributed by atoms with E-state index in [2.05, 4.69) is 37.9 Å². The lowest BCUT2D eigenvalue weighted by Crippen LogP contribution is -2.33. The lowest BCUT2D eigenvalue weighted by atomic mass is 9.97. The van der Waals surface area contributed by atoms with E-state index in [1.54, 1.807) is 13.4 Å². The zero-order valence-electron chi connectivity index (χ0n) is 14.9. The zero-order chi connectivity index (χ0) is 19.3. The molecule has 2 aliphatic rings. The van der Waals surface area contributed by atoms with Crippen LogP contribution in [0.5, 0.6) is 11.5 Å². The predicted octanol–water partition coefficient (Wildman–Crippen LogP) is 6.06. The topological polar surface area (TPSA) is 47.2 Å². The molecule has 2 atom stereocenters. The van der Waals surface area contributed by atoms with E-state index in [0.717, 1.165) is 49.5 Å². The van der Waals surface area contributed by atoms with Crippen LogP contribution >= 0.6 is 31.9 Å². The maximum Gasteiger partial charge on any atom is 0.213 e. The number of hydrogen-bond donors (Lipinski definition) is 0. The third kappa shape index (κ3) is 2.93. The third-order valence-electron chi connectivity index (χ3n) is 5.02. The van der Waals surface area contributed by atoms with Gasteiger partial charge in [-0.25, -0.2) is 5.01 Å². The SMILES string of the molecule is COc1ccc([C@@H]2Oc3ccc(Br)cc3[C@H]3CC(c4ccco4)=NN32)cc1Br. The number of benzene rings is 2. The number of ether oxygens (including phenoxy) is 2. The molecule has 0 saturated carbocycles. The standard InChI is InChI=1S/C21H16Br2N2O3/c1-26-19-6-4-12(9-15(19)23)21-25-17(11-16(24-25)20-3-2-8-27-20)14-10-13(22)5-7-18(14)28-21/h2-10,17,21H,11H2,1H3/t17-,21+/m1/s1. The van der Waals surface area contributed by atoms with Crippen molar-refractivity contribution in [1.82, 2.24) is 5.01 Å². The Bertz CT molecular complexity index is 1070. The molecule has 2 aromatic carbocycles. The van der Waals surface area contributed by atoms with E-state index in [1.807, 2.05) is 47.5 Å². The molecule has 0 saturated heterocycles. The monoisotopic (exact) mass is 502 g/mol. The summed E-state index contributed by atoms with van der Waals surface area (Å²) in [5.74, 6) is 2.44. The fraction of sp³-hybridized carbons (Fsp3) is 0.190. The van der Waals surface area contributed by atoms with Gasteiger partial charge in [-0.3, -0.25) is 0 Å². The summed E-state index contributed by atoms with van der Waals surface area (Å²) in [6.45, 7) is 0. The molecule has 0 bridgehead atoms. The van der Waals surface area contributed by atoms with E-state index in [0.29, 0.717) is 0 Å². The van der Waals surface area contributed by atoms with Crippen molar-refractivity contribution in [2.45, 2.75) is 18.7 Å². The van der Waals surface area contributed by atoms with Crippen LogP contribution in [0.15, 0.2) is 73.3 Å². The molecule has 5 nitrogen and oxygen atoms in total. The summed E-state index contributed by atoms with van der Waals surface area (Å²) in [4.78, 5) is 0. The second-order valence-electron chi connectivity index (χ2n) is 6.67. The summed E-state index contributed by atoms with van der Waals surface area (Å²) >= 11 is 7.15. The van der Waals surface area contributed by atoms with Crippen LogP contribution in [-0.4, -0.2) is 17.8 Å². The molecular formula is C21H16Br2N2O3. The largest absolute Gasteiger partial charge is 0.496 e. The van der Waals surface area contributed by atoms with Crippen LogP contribution in [0.25, 0.3) is 0 Å². The van der Waals surface area contributed by atoms with E-state index < -0.39 is 0 Å². The highest BCUT2D eigenvalue weighted by Crippen LogP contribution is 2.48. The summed E-state index contributed by atoms with van der Waals surface area (Å²) in [5, 5.41) is 6.91. The quantitative estimate of drug-likeness (QED) is 0.436. The van der Waals surface area contributed by atoms with Crippen molar-refractivity contribution < 1.29 is 13.9 Å². The van der Waals surface area contributed by atoms with Crippen molar-refractivity contribution in [3.05, 3.63) is 80.6 Å². The first-order chi connectivity index (χ1) is 13.6. The Morgan fingerprint density at radius 3 is 2.79 bits per heavy atom. The Morgan fingerprint density at radius 1 is 1.14 bits per heavy atom. The molecule has 0 amide bonds. The number of methoxy groups -OCH3 is 1. The first-order valence-corrected chi connectivity index (χ1v) is 10.4. The van der Waals surface area contributed by atoms with Gasteiger partial charge in [-0.2, -0.15) is 5.10 Å². The van der Waals surface area contributed by atoms with Crippen LogP contribution in [-0.2, 0) is 0 Å². The number of rotatable bonds is 3. The van der Waals surface area contributed by atoms with E-state index >= 15 is 0 Å². The Hall–Kier alpha value is -2.25. The van der Waals surface area contributed by atoms with Crippen LogP contribution in [0.3, 0.4) is 0 Å². The van der Waals surface area contributed by atoms with Crippen LogP contribution in [0, 0.1) is 0 Å². The fourth-order valence-corrected chi connectivity index (χ4v) is 4.64. The highest BCUT2D eigenvalue weighted by atomic mass is 79.9. The van der Waals surface area contributed by atoms with E-state index in [1.165, 1.54) is 0 Å². The van der Waals surface area contributed by atoms with E-state index in [-0.39, 0.29) is 12.3 Å². The second-order valence-corrected chi connectivity index (χ2v) is 8.44. The summed E-state index contributed by atoms with van der Waals surface area (Å²) in [7, 11) is 1.65. The number of halogens is 2. The molecule has 0 N–H and O–H groups in total. The minimum atomic E-state index is -0.339. The van der Waals surface area contributed by atoms with Crippen molar-refractivity contribution in [2.75, 3.05) is 7.11 Å². The first kappa shape index (κ1) is 17.8. The highest BCUT2D eigenvalue weighted by Gasteiger charge is 2.41. The molecule has 142 valence electrons.